The molecule has 88 valence electrons. The molecule has 1 saturated carbocycles. The average Bonchev–Trinajstić information content (AvgIpc) is 2.54. The Hall–Kier alpha value is -1.03. The Morgan fingerprint density at radius 3 is 3.00 bits per heavy atom. The molecule has 1 fully saturated rings. The molecule has 0 saturated heterocycles. The van der Waals surface area contributed by atoms with Gasteiger partial charge in [0, 0.05) is 6.04 Å². The van der Waals surface area contributed by atoms with Gasteiger partial charge in [0.05, 0.1) is 6.33 Å². The standard InChI is InChI=1S/C11H16ClN3O/c1-11(2)5-3-4-7(11)15-9-8(12)10(16)14-6-13-9/h6-7H,3-5H2,1-2H3,(H2,13,14,15,16). The summed E-state index contributed by atoms with van der Waals surface area (Å²) in [6, 6.07) is 0.333. The van der Waals surface area contributed by atoms with Crippen molar-refractivity contribution in [2.24, 2.45) is 5.41 Å². The van der Waals surface area contributed by atoms with Crippen molar-refractivity contribution in [2.45, 2.75) is 39.2 Å². The fraction of sp³-hybridized carbons (Fsp3) is 0.636. The van der Waals surface area contributed by atoms with Gasteiger partial charge < -0.3 is 10.3 Å². The van der Waals surface area contributed by atoms with Gasteiger partial charge in [0.2, 0.25) is 0 Å². The lowest BCUT2D eigenvalue weighted by Gasteiger charge is -2.28. The number of rotatable bonds is 2. The maximum atomic E-state index is 11.3. The number of nitrogens with zero attached hydrogens (tertiary/aromatic N) is 1. The third-order valence-electron chi connectivity index (χ3n) is 3.36. The van der Waals surface area contributed by atoms with Crippen LogP contribution in [0.1, 0.15) is 33.1 Å². The molecule has 16 heavy (non-hydrogen) atoms. The number of halogens is 1. The van der Waals surface area contributed by atoms with E-state index in [0.29, 0.717) is 11.9 Å². The Morgan fingerprint density at radius 2 is 2.38 bits per heavy atom. The zero-order chi connectivity index (χ0) is 11.8. The summed E-state index contributed by atoms with van der Waals surface area (Å²) in [6.07, 6.45) is 4.85. The fourth-order valence-electron chi connectivity index (χ4n) is 2.24. The van der Waals surface area contributed by atoms with Crippen LogP contribution in [-0.4, -0.2) is 16.0 Å². The van der Waals surface area contributed by atoms with Crippen LogP contribution < -0.4 is 10.9 Å². The molecule has 0 amide bonds. The van der Waals surface area contributed by atoms with E-state index < -0.39 is 0 Å². The largest absolute Gasteiger partial charge is 0.365 e. The Balaban J connectivity index is 2.21. The van der Waals surface area contributed by atoms with Crippen LogP contribution in [0, 0.1) is 5.41 Å². The minimum Gasteiger partial charge on any atom is -0.365 e. The number of nitrogens with one attached hydrogen (secondary N) is 2. The van der Waals surface area contributed by atoms with Crippen molar-refractivity contribution in [1.29, 1.82) is 0 Å². The molecule has 1 unspecified atom stereocenters. The van der Waals surface area contributed by atoms with E-state index in [0.717, 1.165) is 6.42 Å². The van der Waals surface area contributed by atoms with Crippen LogP contribution >= 0.6 is 11.6 Å². The topological polar surface area (TPSA) is 57.8 Å². The van der Waals surface area contributed by atoms with E-state index in [9.17, 15) is 4.79 Å². The molecule has 4 nitrogen and oxygen atoms in total. The van der Waals surface area contributed by atoms with E-state index in [1.807, 2.05) is 0 Å². The summed E-state index contributed by atoms with van der Waals surface area (Å²) in [6.45, 7) is 4.44. The zero-order valence-corrected chi connectivity index (χ0v) is 10.3. The quantitative estimate of drug-likeness (QED) is 0.836. The molecule has 0 aliphatic heterocycles. The summed E-state index contributed by atoms with van der Waals surface area (Å²) < 4.78 is 0. The molecule has 1 atom stereocenters. The molecule has 1 heterocycles. The van der Waals surface area contributed by atoms with E-state index in [2.05, 4.69) is 29.1 Å². The van der Waals surface area contributed by atoms with Crippen LogP contribution in [0.3, 0.4) is 0 Å². The van der Waals surface area contributed by atoms with Crippen LogP contribution in [-0.2, 0) is 0 Å². The molecule has 0 spiro atoms. The Labute approximate surface area is 99.4 Å². The van der Waals surface area contributed by atoms with E-state index in [1.54, 1.807) is 0 Å². The zero-order valence-electron chi connectivity index (χ0n) is 9.51. The van der Waals surface area contributed by atoms with Crippen molar-refractivity contribution in [3.63, 3.8) is 0 Å². The van der Waals surface area contributed by atoms with Gasteiger partial charge in [0.15, 0.2) is 5.82 Å². The number of anilines is 1. The molecule has 2 rings (SSSR count). The van der Waals surface area contributed by atoms with Crippen LogP contribution in [0.15, 0.2) is 11.1 Å². The number of hydrogen-bond acceptors (Lipinski definition) is 3. The molecule has 0 aromatic carbocycles. The summed E-state index contributed by atoms with van der Waals surface area (Å²) in [7, 11) is 0. The predicted octanol–water partition coefficient (Wildman–Crippen LogP) is 2.41. The summed E-state index contributed by atoms with van der Waals surface area (Å²) >= 11 is 5.90. The Bertz CT molecular complexity index is 441. The van der Waals surface area contributed by atoms with Crippen LogP contribution in [0.5, 0.6) is 0 Å². The second kappa shape index (κ2) is 4.09. The highest BCUT2D eigenvalue weighted by molar-refractivity contribution is 6.32. The van der Waals surface area contributed by atoms with Crippen LogP contribution in [0.25, 0.3) is 0 Å². The molecule has 0 radical (unpaired) electrons. The van der Waals surface area contributed by atoms with E-state index in [1.165, 1.54) is 19.2 Å². The third-order valence-corrected chi connectivity index (χ3v) is 3.72. The molecule has 2 N–H and O–H groups in total. The maximum absolute atomic E-state index is 11.3. The van der Waals surface area contributed by atoms with Gasteiger partial charge in [0.25, 0.3) is 5.56 Å². The van der Waals surface area contributed by atoms with Crippen molar-refractivity contribution in [2.75, 3.05) is 5.32 Å². The monoisotopic (exact) mass is 241 g/mol. The number of H-pyrrole nitrogens is 1. The summed E-state index contributed by atoms with van der Waals surface area (Å²) in [5.41, 5.74) is -0.0666. The highest BCUT2D eigenvalue weighted by atomic mass is 35.5. The second-order valence-electron chi connectivity index (χ2n) is 4.97. The summed E-state index contributed by atoms with van der Waals surface area (Å²) in [4.78, 5) is 17.8. The lowest BCUT2D eigenvalue weighted by atomic mass is 9.87. The van der Waals surface area contributed by atoms with Crippen LogP contribution in [0.4, 0.5) is 5.82 Å². The maximum Gasteiger partial charge on any atom is 0.271 e. The molecular weight excluding hydrogens is 226 g/mol. The van der Waals surface area contributed by atoms with E-state index in [4.69, 9.17) is 11.6 Å². The smallest absolute Gasteiger partial charge is 0.271 e. The molecule has 1 aliphatic carbocycles. The molecule has 5 heteroatoms. The molecule has 0 bridgehead atoms. The van der Waals surface area contributed by atoms with Crippen LogP contribution in [0.2, 0.25) is 5.02 Å². The van der Waals surface area contributed by atoms with Gasteiger partial charge >= 0.3 is 0 Å². The first-order valence-corrected chi connectivity index (χ1v) is 5.88. The molecule has 1 aromatic rings. The lowest BCUT2D eigenvalue weighted by Crippen LogP contribution is -2.32. The van der Waals surface area contributed by atoms with Crippen molar-refractivity contribution in [3.05, 3.63) is 21.7 Å². The fourth-order valence-corrected chi connectivity index (χ4v) is 2.40. The van der Waals surface area contributed by atoms with Crippen molar-refractivity contribution >= 4 is 17.4 Å². The average molecular weight is 242 g/mol. The SMILES string of the molecule is CC1(C)CCCC1Nc1nc[nH]c(=O)c1Cl. The minimum atomic E-state index is -0.296. The first-order chi connectivity index (χ1) is 7.50. The number of hydrogen-bond donors (Lipinski definition) is 2. The Morgan fingerprint density at radius 1 is 1.62 bits per heavy atom. The van der Waals surface area contributed by atoms with Crippen molar-refractivity contribution in [1.82, 2.24) is 9.97 Å². The number of aromatic amines is 1. The predicted molar refractivity (Wildman–Crippen MR) is 64.9 cm³/mol. The Kier molecular flexibility index (Phi) is 2.93. The first kappa shape index (κ1) is 11.5. The molecule has 1 aliphatic rings. The number of aromatic nitrogens is 2. The van der Waals surface area contributed by atoms with Gasteiger partial charge in [0.1, 0.15) is 5.02 Å². The van der Waals surface area contributed by atoms with Crippen molar-refractivity contribution < 1.29 is 0 Å². The van der Waals surface area contributed by atoms with Gasteiger partial charge in [-0.25, -0.2) is 4.98 Å². The van der Waals surface area contributed by atoms with Gasteiger partial charge in [-0.05, 0) is 18.3 Å². The second-order valence-corrected chi connectivity index (χ2v) is 5.35. The van der Waals surface area contributed by atoms with E-state index >= 15 is 0 Å². The van der Waals surface area contributed by atoms with Gasteiger partial charge in [-0.15, -0.1) is 0 Å². The summed E-state index contributed by atoms with van der Waals surface area (Å²) in [5, 5.41) is 3.42. The normalized spacial score (nSPS) is 23.3. The van der Waals surface area contributed by atoms with E-state index in [-0.39, 0.29) is 16.0 Å². The first-order valence-electron chi connectivity index (χ1n) is 5.50. The van der Waals surface area contributed by atoms with Crippen molar-refractivity contribution in [3.8, 4) is 0 Å². The highest BCUT2D eigenvalue weighted by Gasteiger charge is 2.34. The minimum absolute atomic E-state index is 0.144. The third kappa shape index (κ3) is 2.07. The van der Waals surface area contributed by atoms with Gasteiger partial charge in [-0.3, -0.25) is 4.79 Å². The lowest BCUT2D eigenvalue weighted by molar-refractivity contribution is 0.349. The molecule has 1 aromatic heterocycles. The highest BCUT2D eigenvalue weighted by Crippen LogP contribution is 2.39. The summed E-state index contributed by atoms with van der Waals surface area (Å²) in [5.74, 6) is 0.491. The van der Waals surface area contributed by atoms with Gasteiger partial charge in [-0.1, -0.05) is 31.9 Å². The molecular formula is C11H16ClN3O. The van der Waals surface area contributed by atoms with Gasteiger partial charge in [-0.2, -0.15) is 0 Å².